The first kappa shape index (κ1) is 23.2. The predicted octanol–water partition coefficient (Wildman–Crippen LogP) is 1.90. The number of nitro benzene ring substituents is 1. The Hall–Kier alpha value is -2.53. The molecular weight excluding hydrogens is 460 g/mol. The van der Waals surface area contributed by atoms with E-state index in [1.165, 1.54) is 29.4 Å². The highest BCUT2D eigenvalue weighted by molar-refractivity contribution is 7.89. The summed E-state index contributed by atoms with van der Waals surface area (Å²) in [5.74, 6) is 0.911. The van der Waals surface area contributed by atoms with Crippen molar-refractivity contribution < 1.29 is 22.9 Å². The summed E-state index contributed by atoms with van der Waals surface area (Å²) in [6.07, 6.45) is 5.34. The van der Waals surface area contributed by atoms with Gasteiger partial charge in [0.15, 0.2) is 0 Å². The maximum absolute atomic E-state index is 13.8. The molecule has 1 N–H and O–H groups in total. The van der Waals surface area contributed by atoms with Crippen molar-refractivity contribution in [3.8, 4) is 0 Å². The molecule has 5 aliphatic rings. The number of hydrogen-bond acceptors (Lipinski definition) is 6. The number of benzene rings is 1. The first-order valence-electron chi connectivity index (χ1n) is 11.8. The monoisotopic (exact) mass is 490 g/mol. The van der Waals surface area contributed by atoms with Crippen LogP contribution < -0.4 is 5.32 Å². The van der Waals surface area contributed by atoms with Crippen LogP contribution in [0, 0.1) is 27.4 Å². The molecule has 10 nitrogen and oxygen atoms in total. The van der Waals surface area contributed by atoms with Crippen molar-refractivity contribution in [2.45, 2.75) is 55.9 Å². The van der Waals surface area contributed by atoms with Crippen LogP contribution in [0.5, 0.6) is 0 Å². The number of amides is 2. The minimum absolute atomic E-state index is 0.0514. The fraction of sp³-hybridized carbons (Fsp3) is 0.652. The van der Waals surface area contributed by atoms with Crippen molar-refractivity contribution in [3.05, 3.63) is 34.4 Å². The molecule has 4 bridgehead atoms. The SMILES string of the molecule is CC(=O)NC12C[C@H]3C[C@@H](C1)CC(C(=O)N1CCN(S(=O)(=O)c4cccc([N+](=O)[O-])c4)CC1)(C3)C2. The van der Waals surface area contributed by atoms with E-state index in [1.807, 2.05) is 0 Å². The van der Waals surface area contributed by atoms with Crippen LogP contribution in [0.3, 0.4) is 0 Å². The number of carbonyl (C=O) groups is 2. The van der Waals surface area contributed by atoms with E-state index in [0.29, 0.717) is 18.3 Å². The molecule has 34 heavy (non-hydrogen) atoms. The number of nitrogens with zero attached hydrogens (tertiary/aromatic N) is 3. The Bertz CT molecular complexity index is 1130. The van der Waals surface area contributed by atoms with Gasteiger partial charge in [-0.2, -0.15) is 4.31 Å². The van der Waals surface area contributed by atoms with Crippen molar-refractivity contribution in [1.29, 1.82) is 0 Å². The number of rotatable bonds is 5. The average Bonchev–Trinajstić information content (AvgIpc) is 2.77. The summed E-state index contributed by atoms with van der Waals surface area (Å²) in [7, 11) is -3.89. The van der Waals surface area contributed by atoms with E-state index in [0.717, 1.165) is 38.2 Å². The topological polar surface area (TPSA) is 130 Å². The molecule has 11 heteroatoms. The second-order valence-electron chi connectivity index (χ2n) is 10.7. The number of hydrogen-bond donors (Lipinski definition) is 1. The Balaban J connectivity index is 1.30. The quantitative estimate of drug-likeness (QED) is 0.496. The molecule has 0 spiro atoms. The number of sulfonamides is 1. The van der Waals surface area contributed by atoms with Crippen molar-refractivity contribution in [3.63, 3.8) is 0 Å². The van der Waals surface area contributed by atoms with E-state index >= 15 is 0 Å². The normalized spacial score (nSPS) is 33.0. The Labute approximate surface area is 198 Å². The van der Waals surface area contributed by atoms with Crippen molar-refractivity contribution in [2.75, 3.05) is 26.2 Å². The number of non-ortho nitro benzene ring substituents is 1. The average molecular weight is 491 g/mol. The molecule has 1 aromatic carbocycles. The molecular formula is C23H30N4O6S. The van der Waals surface area contributed by atoms with Gasteiger partial charge in [-0.3, -0.25) is 19.7 Å². The minimum atomic E-state index is -3.89. The zero-order chi connectivity index (χ0) is 24.3. The molecule has 0 radical (unpaired) electrons. The molecule has 1 aliphatic heterocycles. The predicted molar refractivity (Wildman–Crippen MR) is 122 cm³/mol. The van der Waals surface area contributed by atoms with Crippen molar-refractivity contribution in [1.82, 2.24) is 14.5 Å². The van der Waals surface area contributed by atoms with E-state index in [9.17, 15) is 28.1 Å². The summed E-state index contributed by atoms with van der Waals surface area (Å²) in [6, 6.07) is 5.05. The Morgan fingerprint density at radius 1 is 1.09 bits per heavy atom. The third-order valence-corrected chi connectivity index (χ3v) is 10.0. The van der Waals surface area contributed by atoms with E-state index in [-0.39, 0.29) is 54.1 Å². The van der Waals surface area contributed by atoms with Crippen LogP contribution in [0.4, 0.5) is 5.69 Å². The van der Waals surface area contributed by atoms with Gasteiger partial charge >= 0.3 is 0 Å². The van der Waals surface area contributed by atoms with Gasteiger partial charge in [-0.25, -0.2) is 8.42 Å². The molecule has 6 rings (SSSR count). The van der Waals surface area contributed by atoms with Crippen LogP contribution in [0.25, 0.3) is 0 Å². The second kappa shape index (κ2) is 8.01. The van der Waals surface area contributed by atoms with E-state index in [4.69, 9.17) is 0 Å². The van der Waals surface area contributed by atoms with Gasteiger partial charge in [-0.1, -0.05) is 6.07 Å². The van der Waals surface area contributed by atoms with Crippen LogP contribution in [0.2, 0.25) is 0 Å². The molecule has 4 aliphatic carbocycles. The molecule has 4 saturated carbocycles. The van der Waals surface area contributed by atoms with Crippen LogP contribution in [-0.2, 0) is 19.6 Å². The highest BCUT2D eigenvalue weighted by atomic mass is 32.2. The molecule has 4 atom stereocenters. The largest absolute Gasteiger partial charge is 0.351 e. The molecule has 1 saturated heterocycles. The van der Waals surface area contributed by atoms with E-state index in [2.05, 4.69) is 5.32 Å². The van der Waals surface area contributed by atoms with E-state index < -0.39 is 20.4 Å². The molecule has 1 aromatic rings. The molecule has 1 heterocycles. The minimum Gasteiger partial charge on any atom is -0.351 e. The molecule has 2 amide bonds. The van der Waals surface area contributed by atoms with Gasteiger partial charge in [-0.05, 0) is 56.4 Å². The van der Waals surface area contributed by atoms with Gasteiger partial charge in [0.2, 0.25) is 21.8 Å². The fourth-order valence-electron chi connectivity index (χ4n) is 7.41. The van der Waals surface area contributed by atoms with Crippen LogP contribution in [0.15, 0.2) is 29.2 Å². The maximum Gasteiger partial charge on any atom is 0.270 e. The lowest BCUT2D eigenvalue weighted by Crippen LogP contribution is -2.66. The summed E-state index contributed by atoms with van der Waals surface area (Å²) in [6.45, 7) is 2.41. The lowest BCUT2D eigenvalue weighted by molar-refractivity contribution is -0.385. The zero-order valence-electron chi connectivity index (χ0n) is 19.2. The lowest BCUT2D eigenvalue weighted by atomic mass is 9.46. The van der Waals surface area contributed by atoms with Gasteiger partial charge in [0, 0.05) is 50.8 Å². The van der Waals surface area contributed by atoms with E-state index in [1.54, 1.807) is 4.90 Å². The summed E-state index contributed by atoms with van der Waals surface area (Å²) in [5.41, 5.74) is -1.04. The van der Waals surface area contributed by atoms with Crippen LogP contribution in [0.1, 0.15) is 45.4 Å². The Morgan fingerprint density at radius 2 is 1.74 bits per heavy atom. The summed E-state index contributed by atoms with van der Waals surface area (Å²) in [5, 5.41) is 14.2. The lowest BCUT2D eigenvalue weighted by Gasteiger charge is -2.62. The Morgan fingerprint density at radius 3 is 2.32 bits per heavy atom. The van der Waals surface area contributed by atoms with Crippen LogP contribution in [-0.4, -0.2) is 66.1 Å². The molecule has 5 fully saturated rings. The third kappa shape index (κ3) is 3.88. The number of nitro groups is 1. The number of nitrogens with one attached hydrogen (secondary N) is 1. The van der Waals surface area contributed by atoms with Gasteiger partial charge in [-0.15, -0.1) is 0 Å². The van der Waals surface area contributed by atoms with Crippen molar-refractivity contribution in [2.24, 2.45) is 17.3 Å². The van der Waals surface area contributed by atoms with Gasteiger partial charge in [0.1, 0.15) is 0 Å². The van der Waals surface area contributed by atoms with Crippen molar-refractivity contribution >= 4 is 27.5 Å². The first-order valence-corrected chi connectivity index (χ1v) is 13.3. The number of carbonyl (C=O) groups excluding carboxylic acids is 2. The first-order chi connectivity index (χ1) is 16.0. The van der Waals surface area contributed by atoms with Gasteiger partial charge in [0.05, 0.1) is 15.2 Å². The molecule has 184 valence electrons. The highest BCUT2D eigenvalue weighted by Crippen LogP contribution is 2.62. The second-order valence-corrected chi connectivity index (χ2v) is 12.6. The van der Waals surface area contributed by atoms with Gasteiger partial charge < -0.3 is 10.2 Å². The summed E-state index contributed by atoms with van der Waals surface area (Å²) >= 11 is 0. The molecule has 0 aromatic heterocycles. The Kier molecular flexibility index (Phi) is 5.47. The zero-order valence-corrected chi connectivity index (χ0v) is 20.1. The fourth-order valence-corrected chi connectivity index (χ4v) is 8.87. The summed E-state index contributed by atoms with van der Waals surface area (Å²) < 4.78 is 27.4. The standard InChI is InChI=1S/C23H30N4O6S/c1-16(28)24-23-13-17-9-18(14-23)12-22(11-17,15-23)21(29)25-5-7-26(8-6-25)34(32,33)20-4-2-3-19(10-20)27(30)31/h2-4,10,17-18H,5-9,11-15H2,1H3,(H,24,28)/t17-,18+,22?,23?. The third-order valence-electron chi connectivity index (χ3n) is 8.15. The smallest absolute Gasteiger partial charge is 0.270 e. The highest BCUT2D eigenvalue weighted by Gasteiger charge is 2.61. The summed E-state index contributed by atoms with van der Waals surface area (Å²) in [4.78, 5) is 37.8. The molecule has 2 unspecified atom stereocenters. The van der Waals surface area contributed by atoms with Crippen LogP contribution >= 0.6 is 0 Å². The number of piperazine rings is 1. The maximum atomic E-state index is 13.8. The van der Waals surface area contributed by atoms with Gasteiger partial charge in [0.25, 0.3) is 5.69 Å².